The van der Waals surface area contributed by atoms with Crippen molar-refractivity contribution in [3.63, 3.8) is 0 Å². The molecule has 0 spiro atoms. The second kappa shape index (κ2) is 6.17. The predicted molar refractivity (Wildman–Crippen MR) is 77.1 cm³/mol. The van der Waals surface area contributed by atoms with Gasteiger partial charge in [-0.2, -0.15) is 0 Å². The van der Waals surface area contributed by atoms with Crippen LogP contribution >= 0.6 is 0 Å². The fraction of sp³-hybridized carbons (Fsp3) is 0.533. The number of hydrogen-bond acceptors (Lipinski definition) is 3. The van der Waals surface area contributed by atoms with Crippen molar-refractivity contribution in [2.75, 3.05) is 6.54 Å². The van der Waals surface area contributed by atoms with E-state index < -0.39 is 0 Å². The molecule has 0 aromatic carbocycles. The third-order valence-electron chi connectivity index (χ3n) is 3.69. The standard InChI is InChI=1S/C15H23N3O/c1-4-12(3)14(19)9-16-7-13-8-17-15-6-5-11(2)10-18(13)15/h5-6,8,10,12,14,16,19H,4,7,9H2,1-3H3. The van der Waals surface area contributed by atoms with Gasteiger partial charge >= 0.3 is 0 Å². The van der Waals surface area contributed by atoms with Crippen molar-refractivity contribution in [2.45, 2.75) is 39.8 Å². The van der Waals surface area contributed by atoms with Crippen LogP contribution in [0.1, 0.15) is 31.5 Å². The third-order valence-corrected chi connectivity index (χ3v) is 3.69. The maximum absolute atomic E-state index is 9.92. The van der Waals surface area contributed by atoms with Gasteiger partial charge in [-0.1, -0.05) is 26.3 Å². The summed E-state index contributed by atoms with van der Waals surface area (Å²) in [5.74, 6) is 0.330. The minimum atomic E-state index is -0.286. The van der Waals surface area contributed by atoms with Gasteiger partial charge in [0.1, 0.15) is 5.65 Å². The number of aromatic nitrogens is 2. The molecular formula is C15H23N3O. The first kappa shape index (κ1) is 14.0. The molecule has 0 radical (unpaired) electrons. The third kappa shape index (κ3) is 3.33. The van der Waals surface area contributed by atoms with E-state index in [9.17, 15) is 5.11 Å². The molecule has 19 heavy (non-hydrogen) atoms. The summed E-state index contributed by atoms with van der Waals surface area (Å²) in [5.41, 5.74) is 3.30. The highest BCUT2D eigenvalue weighted by Gasteiger charge is 2.11. The molecule has 2 rings (SSSR count). The van der Waals surface area contributed by atoms with Crippen molar-refractivity contribution >= 4 is 5.65 Å². The SMILES string of the molecule is CCC(C)C(O)CNCc1cnc2ccc(C)cn12. The number of nitrogens with zero attached hydrogens (tertiary/aromatic N) is 2. The minimum Gasteiger partial charge on any atom is -0.392 e. The smallest absolute Gasteiger partial charge is 0.136 e. The Kier molecular flexibility index (Phi) is 4.56. The number of fused-ring (bicyclic) bond motifs is 1. The lowest BCUT2D eigenvalue weighted by atomic mass is 10.0. The molecular weight excluding hydrogens is 238 g/mol. The summed E-state index contributed by atoms with van der Waals surface area (Å²) in [6, 6.07) is 4.08. The molecule has 4 nitrogen and oxygen atoms in total. The van der Waals surface area contributed by atoms with Gasteiger partial charge in [0.15, 0.2) is 0 Å². The van der Waals surface area contributed by atoms with Crippen LogP contribution in [0.5, 0.6) is 0 Å². The molecule has 2 aromatic heterocycles. The van der Waals surface area contributed by atoms with Gasteiger partial charge in [0.05, 0.1) is 18.0 Å². The second-order valence-corrected chi connectivity index (χ2v) is 5.27. The lowest BCUT2D eigenvalue weighted by Gasteiger charge is -2.17. The molecule has 2 atom stereocenters. The fourth-order valence-electron chi connectivity index (χ4n) is 2.09. The Morgan fingerprint density at radius 1 is 1.42 bits per heavy atom. The summed E-state index contributed by atoms with van der Waals surface area (Å²) in [5, 5.41) is 13.2. The van der Waals surface area contributed by atoms with Crippen LogP contribution in [0, 0.1) is 12.8 Å². The molecule has 0 aliphatic rings. The number of aryl methyl sites for hydroxylation is 1. The highest BCUT2D eigenvalue weighted by atomic mass is 16.3. The minimum absolute atomic E-state index is 0.286. The molecule has 0 aliphatic heterocycles. The Hall–Kier alpha value is -1.39. The van der Waals surface area contributed by atoms with Crippen LogP contribution in [0.15, 0.2) is 24.5 Å². The molecule has 2 heterocycles. The number of aliphatic hydroxyl groups is 1. The molecule has 104 valence electrons. The Bertz CT molecular complexity index is 535. The van der Waals surface area contributed by atoms with Crippen LogP contribution in [-0.4, -0.2) is 27.1 Å². The largest absolute Gasteiger partial charge is 0.392 e. The van der Waals surface area contributed by atoms with Crippen LogP contribution in [0.4, 0.5) is 0 Å². The van der Waals surface area contributed by atoms with Gasteiger partial charge < -0.3 is 14.8 Å². The lowest BCUT2D eigenvalue weighted by molar-refractivity contribution is 0.112. The molecule has 2 unspecified atom stereocenters. The molecule has 0 saturated carbocycles. The van der Waals surface area contributed by atoms with Crippen LogP contribution in [0.25, 0.3) is 5.65 Å². The van der Waals surface area contributed by atoms with Crippen molar-refractivity contribution < 1.29 is 5.11 Å². The zero-order valence-corrected chi connectivity index (χ0v) is 11.9. The molecule has 0 bridgehead atoms. The Morgan fingerprint density at radius 3 is 2.95 bits per heavy atom. The number of hydrogen-bond donors (Lipinski definition) is 2. The normalized spacial score (nSPS) is 14.7. The van der Waals surface area contributed by atoms with Crippen LogP contribution in [0.2, 0.25) is 0 Å². The maximum atomic E-state index is 9.92. The van der Waals surface area contributed by atoms with Crippen LogP contribution in [0.3, 0.4) is 0 Å². The number of rotatable bonds is 6. The van der Waals surface area contributed by atoms with E-state index in [1.54, 1.807) is 0 Å². The van der Waals surface area contributed by atoms with Crippen LogP contribution in [-0.2, 0) is 6.54 Å². The van der Waals surface area contributed by atoms with E-state index >= 15 is 0 Å². The first-order valence-corrected chi connectivity index (χ1v) is 6.93. The number of pyridine rings is 1. The maximum Gasteiger partial charge on any atom is 0.136 e. The Balaban J connectivity index is 1.96. The lowest BCUT2D eigenvalue weighted by Crippen LogP contribution is -2.31. The van der Waals surface area contributed by atoms with Crippen molar-refractivity contribution in [3.8, 4) is 0 Å². The number of imidazole rings is 1. The summed E-state index contributed by atoms with van der Waals surface area (Å²) in [6.07, 6.45) is 4.69. The quantitative estimate of drug-likeness (QED) is 0.837. The van der Waals surface area contributed by atoms with Gasteiger partial charge in [0.2, 0.25) is 0 Å². The second-order valence-electron chi connectivity index (χ2n) is 5.27. The Morgan fingerprint density at radius 2 is 2.21 bits per heavy atom. The predicted octanol–water partition coefficient (Wildman–Crippen LogP) is 2.14. The van der Waals surface area contributed by atoms with Crippen molar-refractivity contribution in [2.24, 2.45) is 5.92 Å². The molecule has 2 aromatic rings. The summed E-state index contributed by atoms with van der Waals surface area (Å²) in [7, 11) is 0. The van der Waals surface area contributed by atoms with E-state index in [1.807, 2.05) is 12.3 Å². The van der Waals surface area contributed by atoms with E-state index in [0.29, 0.717) is 12.5 Å². The van der Waals surface area contributed by atoms with Gasteiger partial charge in [-0.25, -0.2) is 4.98 Å². The fourth-order valence-corrected chi connectivity index (χ4v) is 2.09. The van der Waals surface area contributed by atoms with Crippen LogP contribution < -0.4 is 5.32 Å². The summed E-state index contributed by atoms with van der Waals surface area (Å²) in [4.78, 5) is 4.37. The van der Waals surface area contributed by atoms with Crippen molar-refractivity contribution in [1.29, 1.82) is 0 Å². The molecule has 0 fully saturated rings. The molecule has 2 N–H and O–H groups in total. The molecule has 0 amide bonds. The average Bonchev–Trinajstić information content (AvgIpc) is 2.80. The molecule has 0 aliphatic carbocycles. The summed E-state index contributed by atoms with van der Waals surface area (Å²) >= 11 is 0. The van der Waals surface area contributed by atoms with Gasteiger partial charge in [0.25, 0.3) is 0 Å². The topological polar surface area (TPSA) is 49.6 Å². The number of aliphatic hydroxyl groups excluding tert-OH is 1. The molecule has 4 heteroatoms. The van der Waals surface area contributed by atoms with Gasteiger partial charge in [-0.3, -0.25) is 0 Å². The first-order valence-electron chi connectivity index (χ1n) is 6.93. The zero-order chi connectivity index (χ0) is 13.8. The van der Waals surface area contributed by atoms with Gasteiger partial charge in [-0.05, 0) is 24.5 Å². The van der Waals surface area contributed by atoms with Gasteiger partial charge in [-0.15, -0.1) is 0 Å². The van der Waals surface area contributed by atoms with E-state index in [-0.39, 0.29) is 6.10 Å². The summed E-state index contributed by atoms with van der Waals surface area (Å²) in [6.45, 7) is 7.58. The highest BCUT2D eigenvalue weighted by molar-refractivity contribution is 5.41. The van der Waals surface area contributed by atoms with Gasteiger partial charge in [0, 0.05) is 19.3 Å². The van der Waals surface area contributed by atoms with Crippen molar-refractivity contribution in [3.05, 3.63) is 35.8 Å². The number of nitrogens with one attached hydrogen (secondary N) is 1. The van der Waals surface area contributed by atoms with E-state index in [4.69, 9.17) is 0 Å². The van der Waals surface area contributed by atoms with E-state index in [1.165, 1.54) is 5.56 Å². The van der Waals surface area contributed by atoms with Crippen molar-refractivity contribution in [1.82, 2.24) is 14.7 Å². The zero-order valence-electron chi connectivity index (χ0n) is 11.9. The molecule has 0 saturated heterocycles. The monoisotopic (exact) mass is 261 g/mol. The summed E-state index contributed by atoms with van der Waals surface area (Å²) < 4.78 is 2.10. The average molecular weight is 261 g/mol. The van der Waals surface area contributed by atoms with E-state index in [2.05, 4.69) is 47.7 Å². The first-order chi connectivity index (χ1) is 9.11. The Labute approximate surface area is 114 Å². The highest BCUT2D eigenvalue weighted by Crippen LogP contribution is 2.09. The van der Waals surface area contributed by atoms with E-state index in [0.717, 1.165) is 24.3 Å².